The van der Waals surface area contributed by atoms with Gasteiger partial charge in [0.05, 0.1) is 12.8 Å². The number of nitrogens with zero attached hydrogens (tertiary/aromatic N) is 1. The molecular formula is C13H21N3O2. The average Bonchev–Trinajstić information content (AvgIpc) is 2.77. The molecule has 1 fully saturated rings. The maximum absolute atomic E-state index is 12.0. The van der Waals surface area contributed by atoms with Gasteiger partial charge in [0.1, 0.15) is 11.8 Å². The average molecular weight is 251 g/mol. The van der Waals surface area contributed by atoms with Crippen molar-refractivity contribution in [3.63, 3.8) is 0 Å². The van der Waals surface area contributed by atoms with Crippen molar-refractivity contribution in [2.75, 3.05) is 13.1 Å². The van der Waals surface area contributed by atoms with Gasteiger partial charge in [0.25, 0.3) is 0 Å². The van der Waals surface area contributed by atoms with Gasteiger partial charge in [-0.3, -0.25) is 9.69 Å². The van der Waals surface area contributed by atoms with Gasteiger partial charge in [-0.15, -0.1) is 0 Å². The van der Waals surface area contributed by atoms with Crippen LogP contribution in [0.1, 0.15) is 26.0 Å². The summed E-state index contributed by atoms with van der Waals surface area (Å²) in [6.45, 7) is 5.89. The highest BCUT2D eigenvalue weighted by atomic mass is 16.3. The van der Waals surface area contributed by atoms with Crippen LogP contribution in [0.15, 0.2) is 22.8 Å². The van der Waals surface area contributed by atoms with E-state index in [2.05, 4.69) is 24.1 Å². The lowest BCUT2D eigenvalue weighted by Gasteiger charge is -2.39. The van der Waals surface area contributed by atoms with E-state index in [4.69, 9.17) is 10.2 Å². The molecule has 1 aliphatic heterocycles. The number of carbonyl (C=O) groups is 1. The molecule has 1 saturated heterocycles. The van der Waals surface area contributed by atoms with E-state index >= 15 is 0 Å². The molecule has 5 nitrogen and oxygen atoms in total. The standard InChI is InChI=1S/C13H21N3O2/c1-13(2)5-6-15-12(17)11(8-14)16(13)9-10-4-3-7-18-10/h3-4,7,11H,5-6,8-9,14H2,1-2H3,(H,15,17). The Morgan fingerprint density at radius 1 is 1.61 bits per heavy atom. The Morgan fingerprint density at radius 3 is 3.00 bits per heavy atom. The molecule has 18 heavy (non-hydrogen) atoms. The van der Waals surface area contributed by atoms with Gasteiger partial charge in [-0.1, -0.05) is 0 Å². The van der Waals surface area contributed by atoms with Crippen LogP contribution in [0.4, 0.5) is 0 Å². The second-order valence-electron chi connectivity index (χ2n) is 5.31. The van der Waals surface area contributed by atoms with Crippen LogP contribution in [0.25, 0.3) is 0 Å². The minimum absolute atomic E-state index is 0.00892. The Hall–Kier alpha value is -1.33. The first kappa shape index (κ1) is 13.1. The van der Waals surface area contributed by atoms with E-state index in [1.807, 2.05) is 12.1 Å². The lowest BCUT2D eigenvalue weighted by atomic mass is 9.96. The molecule has 1 aromatic heterocycles. The zero-order valence-corrected chi connectivity index (χ0v) is 11.0. The molecule has 0 spiro atoms. The number of rotatable bonds is 3. The van der Waals surface area contributed by atoms with Crippen molar-refractivity contribution in [3.05, 3.63) is 24.2 Å². The van der Waals surface area contributed by atoms with Gasteiger partial charge in [-0.2, -0.15) is 0 Å². The van der Waals surface area contributed by atoms with E-state index in [0.29, 0.717) is 19.6 Å². The Bertz CT molecular complexity index is 400. The van der Waals surface area contributed by atoms with Crippen molar-refractivity contribution in [1.82, 2.24) is 10.2 Å². The Kier molecular flexibility index (Phi) is 3.73. The molecule has 0 radical (unpaired) electrons. The molecule has 5 heteroatoms. The lowest BCUT2D eigenvalue weighted by molar-refractivity contribution is -0.127. The zero-order chi connectivity index (χ0) is 13.2. The largest absolute Gasteiger partial charge is 0.468 e. The third-order valence-corrected chi connectivity index (χ3v) is 3.62. The van der Waals surface area contributed by atoms with Crippen molar-refractivity contribution >= 4 is 5.91 Å². The summed E-state index contributed by atoms with van der Waals surface area (Å²) >= 11 is 0. The fraction of sp³-hybridized carbons (Fsp3) is 0.615. The first-order chi connectivity index (χ1) is 8.54. The molecule has 0 aromatic carbocycles. The van der Waals surface area contributed by atoms with Gasteiger partial charge < -0.3 is 15.5 Å². The van der Waals surface area contributed by atoms with Crippen LogP contribution in [-0.4, -0.2) is 35.5 Å². The summed E-state index contributed by atoms with van der Waals surface area (Å²) in [5.41, 5.74) is 5.68. The number of hydrogen-bond acceptors (Lipinski definition) is 4. The van der Waals surface area contributed by atoms with E-state index in [0.717, 1.165) is 12.2 Å². The van der Waals surface area contributed by atoms with Crippen LogP contribution in [0.2, 0.25) is 0 Å². The van der Waals surface area contributed by atoms with Crippen molar-refractivity contribution < 1.29 is 9.21 Å². The highest BCUT2D eigenvalue weighted by Gasteiger charge is 2.38. The fourth-order valence-electron chi connectivity index (χ4n) is 2.45. The highest BCUT2D eigenvalue weighted by Crippen LogP contribution is 2.26. The summed E-state index contributed by atoms with van der Waals surface area (Å²) in [6.07, 6.45) is 2.55. The molecule has 2 heterocycles. The molecule has 1 unspecified atom stereocenters. The van der Waals surface area contributed by atoms with Crippen molar-refractivity contribution in [1.29, 1.82) is 0 Å². The van der Waals surface area contributed by atoms with E-state index in [1.165, 1.54) is 0 Å². The van der Waals surface area contributed by atoms with Gasteiger partial charge in [0, 0.05) is 18.6 Å². The second kappa shape index (κ2) is 5.12. The Balaban J connectivity index is 2.25. The lowest BCUT2D eigenvalue weighted by Crippen LogP contribution is -2.54. The molecule has 0 bridgehead atoms. The minimum atomic E-state index is -0.299. The number of hydrogen-bond donors (Lipinski definition) is 2. The van der Waals surface area contributed by atoms with Crippen LogP contribution < -0.4 is 11.1 Å². The topological polar surface area (TPSA) is 71.5 Å². The Labute approximate surface area is 107 Å². The highest BCUT2D eigenvalue weighted by molar-refractivity contribution is 5.82. The predicted octanol–water partition coefficient (Wildman–Crippen LogP) is 0.707. The molecule has 0 aliphatic carbocycles. The summed E-state index contributed by atoms with van der Waals surface area (Å²) < 4.78 is 5.38. The molecule has 1 aliphatic rings. The van der Waals surface area contributed by atoms with Crippen LogP contribution >= 0.6 is 0 Å². The van der Waals surface area contributed by atoms with E-state index in [1.54, 1.807) is 6.26 Å². The molecule has 100 valence electrons. The predicted molar refractivity (Wildman–Crippen MR) is 68.8 cm³/mol. The van der Waals surface area contributed by atoms with E-state index in [-0.39, 0.29) is 17.5 Å². The monoisotopic (exact) mass is 251 g/mol. The summed E-state index contributed by atoms with van der Waals surface area (Å²) in [7, 11) is 0. The molecule has 1 amide bonds. The van der Waals surface area contributed by atoms with Gasteiger partial charge in [-0.25, -0.2) is 0 Å². The minimum Gasteiger partial charge on any atom is -0.468 e. The van der Waals surface area contributed by atoms with Crippen molar-refractivity contribution in [3.8, 4) is 0 Å². The van der Waals surface area contributed by atoms with Crippen LogP contribution in [0.5, 0.6) is 0 Å². The molecule has 1 aromatic rings. The molecular weight excluding hydrogens is 230 g/mol. The number of nitrogens with two attached hydrogens (primary N) is 1. The first-order valence-electron chi connectivity index (χ1n) is 6.31. The summed E-state index contributed by atoms with van der Waals surface area (Å²) in [4.78, 5) is 14.1. The van der Waals surface area contributed by atoms with E-state index in [9.17, 15) is 4.79 Å². The maximum Gasteiger partial charge on any atom is 0.238 e. The van der Waals surface area contributed by atoms with Crippen LogP contribution in [-0.2, 0) is 11.3 Å². The van der Waals surface area contributed by atoms with Crippen molar-refractivity contribution in [2.24, 2.45) is 5.73 Å². The van der Waals surface area contributed by atoms with E-state index < -0.39 is 0 Å². The number of carbonyl (C=O) groups excluding carboxylic acids is 1. The first-order valence-corrected chi connectivity index (χ1v) is 6.31. The SMILES string of the molecule is CC1(C)CCNC(=O)C(CN)N1Cc1ccco1. The molecule has 2 rings (SSSR count). The normalized spacial score (nSPS) is 24.6. The maximum atomic E-state index is 12.0. The number of nitrogens with one attached hydrogen (secondary N) is 1. The summed E-state index contributed by atoms with van der Waals surface area (Å²) in [6, 6.07) is 3.48. The molecule has 0 saturated carbocycles. The van der Waals surface area contributed by atoms with Gasteiger partial charge in [0.15, 0.2) is 0 Å². The fourth-order valence-corrected chi connectivity index (χ4v) is 2.45. The zero-order valence-electron chi connectivity index (χ0n) is 11.0. The van der Waals surface area contributed by atoms with Crippen LogP contribution in [0.3, 0.4) is 0 Å². The number of furan rings is 1. The second-order valence-corrected chi connectivity index (χ2v) is 5.31. The quantitative estimate of drug-likeness (QED) is 0.830. The molecule has 3 N–H and O–H groups in total. The van der Waals surface area contributed by atoms with Gasteiger partial charge in [-0.05, 0) is 32.4 Å². The Morgan fingerprint density at radius 2 is 2.39 bits per heavy atom. The smallest absolute Gasteiger partial charge is 0.238 e. The van der Waals surface area contributed by atoms with Gasteiger partial charge in [0.2, 0.25) is 5.91 Å². The summed E-state index contributed by atoms with van der Waals surface area (Å²) in [5, 5.41) is 2.92. The number of amides is 1. The third kappa shape index (κ3) is 2.57. The van der Waals surface area contributed by atoms with Gasteiger partial charge >= 0.3 is 0 Å². The van der Waals surface area contributed by atoms with Crippen molar-refractivity contribution in [2.45, 2.75) is 38.4 Å². The van der Waals surface area contributed by atoms with Crippen LogP contribution in [0, 0.1) is 0 Å². The molecule has 1 atom stereocenters. The third-order valence-electron chi connectivity index (χ3n) is 3.62. The summed E-state index contributed by atoms with van der Waals surface area (Å²) in [5.74, 6) is 0.867.